The van der Waals surface area contributed by atoms with E-state index in [1.165, 1.54) is 41.7 Å². The van der Waals surface area contributed by atoms with Crippen molar-refractivity contribution in [2.24, 2.45) is 0 Å². The summed E-state index contributed by atoms with van der Waals surface area (Å²) in [6.07, 6.45) is -4.46. The molecule has 0 spiro atoms. The Morgan fingerprint density at radius 3 is 1.54 bits per heavy atom. The number of halogens is 2. The highest BCUT2D eigenvalue weighted by Crippen LogP contribution is 2.20. The third-order valence-corrected chi connectivity index (χ3v) is 9.09. The Morgan fingerprint density at radius 2 is 1.05 bits per heavy atom. The van der Waals surface area contributed by atoms with Gasteiger partial charge in [0.1, 0.15) is 17.7 Å². The van der Waals surface area contributed by atoms with E-state index in [0.717, 1.165) is 21.9 Å². The molecule has 0 saturated carbocycles. The van der Waals surface area contributed by atoms with Gasteiger partial charge in [0.05, 0.1) is 6.07 Å². The van der Waals surface area contributed by atoms with E-state index in [9.17, 15) is 33.1 Å². The molecular weight excluding hydrogens is 871 g/mol. The fraction of sp³-hybridized carbons (Fsp3) is 0.234. The number of aromatic nitrogens is 1. The van der Waals surface area contributed by atoms with Crippen LogP contribution in [0.2, 0.25) is 0 Å². The Morgan fingerprint density at radius 1 is 0.569 bits per heavy atom. The van der Waals surface area contributed by atoms with E-state index in [2.05, 4.69) is 4.98 Å². The van der Waals surface area contributed by atoms with Gasteiger partial charge >= 0.3 is 23.9 Å². The highest BCUT2D eigenvalue weighted by Gasteiger charge is 2.16. The predicted molar refractivity (Wildman–Crippen MR) is 237 cm³/mol. The lowest BCUT2D eigenvalue weighted by atomic mass is 10.00. The lowest BCUT2D eigenvalue weighted by molar-refractivity contribution is -0.147. The van der Waals surface area contributed by atoms with Crippen molar-refractivity contribution < 1.29 is 73.9 Å². The van der Waals surface area contributed by atoms with Gasteiger partial charge in [0, 0.05) is 44.0 Å². The number of carboxylic acids is 4. The molecule has 0 radical (unpaired) electrons. The number of carbonyl (C=O) groups is 4. The zero-order chi connectivity index (χ0) is 47.6. The molecule has 0 amide bonds. The number of hydrogen-bond acceptors (Lipinski definition) is 12. The number of carboxylic acid groups (broad SMARTS) is 4. The first-order chi connectivity index (χ1) is 30.4. The van der Waals surface area contributed by atoms with Gasteiger partial charge in [0.2, 0.25) is 0 Å². The second-order valence-corrected chi connectivity index (χ2v) is 14.2. The summed E-state index contributed by atoms with van der Waals surface area (Å²) in [5, 5.41) is 92.8. The summed E-state index contributed by atoms with van der Waals surface area (Å²) >= 11 is 1.49. The van der Waals surface area contributed by atoms with Crippen LogP contribution in [0.25, 0.3) is 10.8 Å². The number of rotatable bonds is 14. The van der Waals surface area contributed by atoms with Gasteiger partial charge in [-0.25, -0.2) is 28.0 Å². The van der Waals surface area contributed by atoms with Gasteiger partial charge in [0.15, 0.2) is 24.4 Å². The van der Waals surface area contributed by atoms with Gasteiger partial charge in [-0.3, -0.25) is 4.98 Å². The number of hydrogen-bond donors (Lipinski definition) is 9. The number of pyridine rings is 1. The van der Waals surface area contributed by atoms with Crippen molar-refractivity contribution in [3.05, 3.63) is 172 Å². The largest absolute Gasteiger partial charge is 0.479 e. The van der Waals surface area contributed by atoms with Crippen LogP contribution in [0, 0.1) is 23.0 Å². The minimum absolute atomic E-state index is 0. The van der Waals surface area contributed by atoms with Gasteiger partial charge in [0.25, 0.3) is 0 Å². The third kappa shape index (κ3) is 22.8. The Balaban J connectivity index is 0.000000407. The van der Waals surface area contributed by atoms with Crippen LogP contribution in [0.1, 0.15) is 35.4 Å². The van der Waals surface area contributed by atoms with Crippen molar-refractivity contribution in [1.82, 2.24) is 4.98 Å². The monoisotopic (exact) mass is 920 g/mol. The molecule has 0 aliphatic rings. The van der Waals surface area contributed by atoms with Gasteiger partial charge in [-0.1, -0.05) is 80.2 Å². The molecule has 6 aromatic rings. The Hall–Kier alpha value is -6.98. The van der Waals surface area contributed by atoms with E-state index in [1.54, 1.807) is 54.7 Å². The average molecular weight is 921 g/mol. The second-order valence-electron chi connectivity index (χ2n) is 13.4. The maximum atomic E-state index is 12.6. The lowest BCUT2D eigenvalue weighted by Crippen LogP contribution is -2.22. The molecule has 0 fully saturated rings. The van der Waals surface area contributed by atoms with Crippen molar-refractivity contribution in [3.8, 4) is 6.07 Å². The van der Waals surface area contributed by atoms with Crippen molar-refractivity contribution in [3.63, 3.8) is 0 Å². The number of aliphatic hydroxyl groups is 5. The molecule has 0 aliphatic heterocycles. The standard InChI is InChI=1S/C13H12O3.C9H8FNO.C9H9FO3.C8H9NO3.C7H8O3S.CH4/c14-12(13(15)16)8-10-6-3-5-9-4-1-2-7-11(9)10;10-8-3-1-2-7(4-8)5-9(12)6-11;10-7-3-1-2-6(4-7)5-8(11)9(12)13;10-7(8(11)12)5-6-3-1-2-4-9-6;8-6(7(9)10)3-5-1-2-11-4-5;/h1-7,12,14H,8H2,(H,15,16);1-4,9,12H,5H2;1-4,8,11H,5H2,(H,12,13);1-4,7,10H,5H2,(H,11,12);1-2,4,6,8H,3H2,(H,9,10);1H4/t12-;9-;8-;7-;6-;/m00000./s1. The molecule has 5 atom stereocenters. The molecule has 9 N–H and O–H groups in total. The Kier molecular flexibility index (Phi) is 26.0. The van der Waals surface area contributed by atoms with Crippen molar-refractivity contribution in [2.45, 2.75) is 70.1 Å². The Labute approximate surface area is 377 Å². The molecule has 346 valence electrons. The minimum atomic E-state index is -1.47. The summed E-state index contributed by atoms with van der Waals surface area (Å²) in [4.78, 5) is 45.1. The van der Waals surface area contributed by atoms with E-state index in [4.69, 9.17) is 46.1 Å². The van der Waals surface area contributed by atoms with Gasteiger partial charge < -0.3 is 46.0 Å². The lowest BCUT2D eigenvalue weighted by Gasteiger charge is -2.08. The maximum absolute atomic E-state index is 12.6. The number of nitriles is 1. The molecule has 2 aromatic heterocycles. The predicted octanol–water partition coefficient (Wildman–Crippen LogP) is 5.34. The first kappa shape index (κ1) is 56.0. The quantitative estimate of drug-likeness (QED) is 0.0624. The van der Waals surface area contributed by atoms with Crippen LogP contribution in [0.3, 0.4) is 0 Å². The SMILES string of the molecule is C.N#C[C@@H](O)Cc1cccc(F)c1.O=C(O)[C@@H](O)Cc1cccc(F)c1.O=C(O)[C@@H](O)Cc1cccc2ccccc12.O=C(O)[C@@H](O)Cc1ccccn1.O=C(O)[C@@H](O)Cc1ccsc1. The molecule has 4 aromatic carbocycles. The summed E-state index contributed by atoms with van der Waals surface area (Å²) in [7, 11) is 0. The number of thiophene rings is 1. The summed E-state index contributed by atoms with van der Waals surface area (Å²) < 4.78 is 25.1. The average Bonchev–Trinajstić information content (AvgIpc) is 3.78. The van der Waals surface area contributed by atoms with Crippen LogP contribution in [-0.2, 0) is 51.3 Å². The normalized spacial score (nSPS) is 12.3. The highest BCUT2D eigenvalue weighted by molar-refractivity contribution is 7.07. The van der Waals surface area contributed by atoms with Crippen LogP contribution in [0.4, 0.5) is 8.78 Å². The molecule has 2 heterocycles. The van der Waals surface area contributed by atoms with Gasteiger partial charge in [-0.05, 0) is 86.3 Å². The van der Waals surface area contributed by atoms with E-state index < -0.39 is 60.2 Å². The third-order valence-electron chi connectivity index (χ3n) is 8.36. The van der Waals surface area contributed by atoms with E-state index in [0.29, 0.717) is 16.8 Å². The van der Waals surface area contributed by atoms with Crippen LogP contribution in [-0.4, -0.2) is 105 Å². The maximum Gasteiger partial charge on any atom is 0.332 e. The van der Waals surface area contributed by atoms with Crippen molar-refractivity contribution >= 4 is 46.0 Å². The molecule has 18 heteroatoms. The fourth-order valence-electron chi connectivity index (χ4n) is 5.20. The molecular formula is C47H50F2N2O13S. The smallest absolute Gasteiger partial charge is 0.332 e. The van der Waals surface area contributed by atoms with Crippen LogP contribution in [0.15, 0.2) is 132 Å². The topological polar surface area (TPSA) is 287 Å². The van der Waals surface area contributed by atoms with Gasteiger partial charge in [-0.2, -0.15) is 16.6 Å². The van der Waals surface area contributed by atoms with Crippen LogP contribution < -0.4 is 0 Å². The van der Waals surface area contributed by atoms with E-state index in [1.807, 2.05) is 53.2 Å². The first-order valence-corrected chi connectivity index (χ1v) is 19.9. The molecule has 6 rings (SSSR count). The number of fused-ring (bicyclic) bond motifs is 1. The van der Waals surface area contributed by atoms with Crippen molar-refractivity contribution in [1.29, 1.82) is 5.26 Å². The number of aliphatic carboxylic acids is 4. The zero-order valence-corrected chi connectivity index (χ0v) is 34.7. The summed E-state index contributed by atoms with van der Waals surface area (Å²) in [5.74, 6) is -5.67. The van der Waals surface area contributed by atoms with Crippen molar-refractivity contribution in [2.75, 3.05) is 0 Å². The zero-order valence-electron chi connectivity index (χ0n) is 33.8. The Bertz CT molecular complexity index is 2390. The first-order valence-electron chi connectivity index (χ1n) is 19.0. The summed E-state index contributed by atoms with van der Waals surface area (Å²) in [6, 6.07) is 33.4. The molecule has 0 aliphatic carbocycles. The highest BCUT2D eigenvalue weighted by atomic mass is 32.1. The fourth-order valence-corrected chi connectivity index (χ4v) is 5.88. The van der Waals surface area contributed by atoms with Gasteiger partial charge in [-0.15, -0.1) is 0 Å². The van der Waals surface area contributed by atoms with Crippen LogP contribution >= 0.6 is 11.3 Å². The number of benzene rings is 4. The number of aliphatic hydroxyl groups excluding tert-OH is 5. The van der Waals surface area contributed by atoms with E-state index in [-0.39, 0.29) is 45.3 Å². The molecule has 15 nitrogen and oxygen atoms in total. The van der Waals surface area contributed by atoms with E-state index >= 15 is 0 Å². The molecule has 65 heavy (non-hydrogen) atoms. The molecule has 0 saturated heterocycles. The molecule has 0 unspecified atom stereocenters. The minimum Gasteiger partial charge on any atom is -0.479 e. The molecule has 0 bridgehead atoms. The van der Waals surface area contributed by atoms with Crippen LogP contribution in [0.5, 0.6) is 0 Å². The second kappa shape index (κ2) is 30.2. The summed E-state index contributed by atoms with van der Waals surface area (Å²) in [6.45, 7) is 0. The number of nitrogens with zero attached hydrogens (tertiary/aromatic N) is 2. The summed E-state index contributed by atoms with van der Waals surface area (Å²) in [5.41, 5.74) is 3.39.